The second-order valence-electron chi connectivity index (χ2n) is 5.25. The Hall–Kier alpha value is -1.31. The van der Waals surface area contributed by atoms with Gasteiger partial charge in [-0.25, -0.2) is 0 Å². The van der Waals surface area contributed by atoms with E-state index < -0.39 is 0 Å². The Labute approximate surface area is 113 Å². The normalized spacial score (nSPS) is 27.1. The van der Waals surface area contributed by atoms with E-state index in [-0.39, 0.29) is 12.4 Å². The van der Waals surface area contributed by atoms with E-state index in [4.69, 9.17) is 5.73 Å². The van der Waals surface area contributed by atoms with Crippen LogP contribution in [-0.4, -0.2) is 6.04 Å². The zero-order valence-electron chi connectivity index (χ0n) is 10.0. The maximum Gasteiger partial charge on any atom is 0.0149 e. The van der Waals surface area contributed by atoms with Crippen LogP contribution in [-0.2, 0) is 6.42 Å². The van der Waals surface area contributed by atoms with Gasteiger partial charge < -0.3 is 5.73 Å². The average Bonchev–Trinajstić information content (AvgIpc) is 2.87. The molecular weight excluding hydrogens is 242 g/mol. The summed E-state index contributed by atoms with van der Waals surface area (Å²) >= 11 is 0. The highest BCUT2D eigenvalue weighted by atomic mass is 35.5. The van der Waals surface area contributed by atoms with E-state index in [0.717, 1.165) is 5.92 Å². The van der Waals surface area contributed by atoms with Crippen molar-refractivity contribution in [2.45, 2.75) is 18.4 Å². The Morgan fingerprint density at radius 2 is 1.72 bits per heavy atom. The fraction of sp³-hybridized carbons (Fsp3) is 0.250. The number of hydrogen-bond acceptors (Lipinski definition) is 1. The molecule has 1 fully saturated rings. The highest BCUT2D eigenvalue weighted by Crippen LogP contribution is 2.55. The first-order valence-corrected chi connectivity index (χ1v) is 6.28. The zero-order valence-corrected chi connectivity index (χ0v) is 10.9. The number of halogens is 1. The molecule has 1 nitrogen and oxygen atoms in total. The molecule has 2 aliphatic carbocycles. The van der Waals surface area contributed by atoms with Gasteiger partial charge in [0.1, 0.15) is 0 Å². The lowest BCUT2D eigenvalue weighted by Gasteiger charge is -2.08. The minimum absolute atomic E-state index is 0. The van der Waals surface area contributed by atoms with Crippen molar-refractivity contribution in [2.24, 2.45) is 11.7 Å². The molecule has 2 N–H and O–H groups in total. The smallest absolute Gasteiger partial charge is 0.0149 e. The van der Waals surface area contributed by atoms with Crippen molar-refractivity contribution in [3.63, 3.8) is 0 Å². The maximum atomic E-state index is 6.04. The van der Waals surface area contributed by atoms with E-state index in [1.807, 2.05) is 0 Å². The van der Waals surface area contributed by atoms with Crippen LogP contribution in [0.25, 0.3) is 11.1 Å². The number of benzene rings is 2. The van der Waals surface area contributed by atoms with E-state index in [2.05, 4.69) is 48.5 Å². The predicted molar refractivity (Wildman–Crippen MR) is 77.0 cm³/mol. The quantitative estimate of drug-likeness (QED) is 0.833. The Morgan fingerprint density at radius 3 is 2.50 bits per heavy atom. The van der Waals surface area contributed by atoms with Crippen molar-refractivity contribution in [1.29, 1.82) is 0 Å². The first-order valence-electron chi connectivity index (χ1n) is 6.28. The van der Waals surface area contributed by atoms with Crippen LogP contribution >= 0.6 is 12.4 Å². The van der Waals surface area contributed by atoms with Crippen LogP contribution in [0.1, 0.15) is 17.0 Å². The Kier molecular flexibility index (Phi) is 2.69. The first kappa shape index (κ1) is 11.8. The third-order valence-corrected chi connectivity index (χ3v) is 4.29. The Morgan fingerprint density at radius 1 is 0.944 bits per heavy atom. The summed E-state index contributed by atoms with van der Waals surface area (Å²) in [6, 6.07) is 17.9. The molecule has 0 amide bonds. The van der Waals surface area contributed by atoms with E-state index in [1.165, 1.54) is 28.7 Å². The van der Waals surface area contributed by atoms with Crippen LogP contribution in [0.15, 0.2) is 48.5 Å². The molecule has 0 bridgehead atoms. The van der Waals surface area contributed by atoms with Gasteiger partial charge in [-0.1, -0.05) is 48.5 Å². The van der Waals surface area contributed by atoms with Gasteiger partial charge in [0.15, 0.2) is 0 Å². The summed E-state index contributed by atoms with van der Waals surface area (Å²) < 4.78 is 0. The van der Waals surface area contributed by atoms with E-state index >= 15 is 0 Å². The summed E-state index contributed by atoms with van der Waals surface area (Å²) in [5, 5.41) is 0. The minimum Gasteiger partial charge on any atom is -0.327 e. The lowest BCUT2D eigenvalue weighted by molar-refractivity contribution is 0.801. The molecule has 0 aromatic heterocycles. The molecule has 0 saturated heterocycles. The first-order chi connectivity index (χ1) is 8.34. The van der Waals surface area contributed by atoms with Crippen molar-refractivity contribution >= 4 is 12.4 Å². The minimum atomic E-state index is 0. The SMILES string of the molecule is Cl.N[C@@H]1[C@H]2Cc3cc(-c4ccccc4)ccc3[C@@H]12. The van der Waals surface area contributed by atoms with Gasteiger partial charge in [0, 0.05) is 12.0 Å². The average molecular weight is 258 g/mol. The molecular formula is C16H16ClN. The summed E-state index contributed by atoms with van der Waals surface area (Å²) in [7, 11) is 0. The van der Waals surface area contributed by atoms with E-state index in [0.29, 0.717) is 12.0 Å². The molecule has 3 atom stereocenters. The number of nitrogens with two attached hydrogens (primary N) is 1. The highest BCUT2D eigenvalue weighted by molar-refractivity contribution is 5.85. The standard InChI is InChI=1S/C16H15N.ClH/c17-16-14-9-12-8-11(6-7-13(12)15(14)16)10-4-2-1-3-5-10;/h1-8,14-16H,9,17H2;1H/t14-,15+,16+;/m0./s1. The van der Waals surface area contributed by atoms with Crippen LogP contribution < -0.4 is 5.73 Å². The van der Waals surface area contributed by atoms with Gasteiger partial charge in [0.05, 0.1) is 0 Å². The van der Waals surface area contributed by atoms with E-state index in [9.17, 15) is 0 Å². The molecule has 4 rings (SSSR count). The third kappa shape index (κ3) is 1.58. The van der Waals surface area contributed by atoms with Gasteiger partial charge in [0.2, 0.25) is 0 Å². The predicted octanol–water partition coefficient (Wildman–Crippen LogP) is 3.37. The molecule has 2 aliphatic rings. The van der Waals surface area contributed by atoms with Gasteiger partial charge in [-0.05, 0) is 34.6 Å². The van der Waals surface area contributed by atoms with Gasteiger partial charge >= 0.3 is 0 Å². The van der Waals surface area contributed by atoms with Crippen LogP contribution in [0.3, 0.4) is 0 Å². The third-order valence-electron chi connectivity index (χ3n) is 4.29. The van der Waals surface area contributed by atoms with Gasteiger partial charge in [0.25, 0.3) is 0 Å². The van der Waals surface area contributed by atoms with Crippen molar-refractivity contribution in [1.82, 2.24) is 0 Å². The van der Waals surface area contributed by atoms with Crippen LogP contribution in [0.5, 0.6) is 0 Å². The van der Waals surface area contributed by atoms with Crippen molar-refractivity contribution in [3.8, 4) is 11.1 Å². The van der Waals surface area contributed by atoms with Crippen molar-refractivity contribution in [3.05, 3.63) is 59.7 Å². The maximum absolute atomic E-state index is 6.04. The van der Waals surface area contributed by atoms with Crippen LogP contribution in [0.4, 0.5) is 0 Å². The topological polar surface area (TPSA) is 26.0 Å². The highest BCUT2D eigenvalue weighted by Gasteiger charge is 2.53. The molecule has 0 unspecified atom stereocenters. The second-order valence-corrected chi connectivity index (χ2v) is 5.25. The fourth-order valence-electron chi connectivity index (χ4n) is 3.27. The molecule has 92 valence electrons. The monoisotopic (exact) mass is 257 g/mol. The molecule has 0 heterocycles. The largest absolute Gasteiger partial charge is 0.327 e. The number of hydrogen-bond donors (Lipinski definition) is 1. The summed E-state index contributed by atoms with van der Waals surface area (Å²) in [4.78, 5) is 0. The molecule has 2 heteroatoms. The molecule has 2 aromatic rings. The molecule has 18 heavy (non-hydrogen) atoms. The molecule has 0 spiro atoms. The summed E-state index contributed by atoms with van der Waals surface area (Å²) in [6.45, 7) is 0. The molecule has 0 radical (unpaired) electrons. The zero-order chi connectivity index (χ0) is 11.4. The Bertz CT molecular complexity index is 579. The van der Waals surface area contributed by atoms with E-state index in [1.54, 1.807) is 0 Å². The van der Waals surface area contributed by atoms with Crippen molar-refractivity contribution in [2.75, 3.05) is 0 Å². The molecule has 0 aliphatic heterocycles. The summed E-state index contributed by atoms with van der Waals surface area (Å²) in [5.74, 6) is 1.39. The van der Waals surface area contributed by atoms with Gasteiger partial charge in [-0.3, -0.25) is 0 Å². The second kappa shape index (κ2) is 4.11. The summed E-state index contributed by atoms with van der Waals surface area (Å²) in [6.07, 6.45) is 1.18. The fourth-order valence-corrected chi connectivity index (χ4v) is 3.27. The lowest BCUT2D eigenvalue weighted by atomic mass is 9.98. The number of fused-ring (bicyclic) bond motifs is 3. The lowest BCUT2D eigenvalue weighted by Crippen LogP contribution is -2.08. The molecule has 2 aromatic carbocycles. The van der Waals surface area contributed by atoms with Gasteiger partial charge in [-0.15, -0.1) is 12.4 Å². The molecule has 1 saturated carbocycles. The summed E-state index contributed by atoms with van der Waals surface area (Å²) in [5.41, 5.74) is 11.7. The van der Waals surface area contributed by atoms with Crippen molar-refractivity contribution < 1.29 is 0 Å². The van der Waals surface area contributed by atoms with Crippen LogP contribution in [0, 0.1) is 5.92 Å². The van der Waals surface area contributed by atoms with Gasteiger partial charge in [-0.2, -0.15) is 0 Å². The Balaban J connectivity index is 0.000001000. The number of rotatable bonds is 1. The van der Waals surface area contributed by atoms with Crippen LogP contribution in [0.2, 0.25) is 0 Å².